The van der Waals surface area contributed by atoms with Crippen LogP contribution >= 0.6 is 11.8 Å². The van der Waals surface area contributed by atoms with Crippen LogP contribution in [0.5, 0.6) is 0 Å². The van der Waals surface area contributed by atoms with Crippen LogP contribution in [0, 0.1) is 0 Å². The van der Waals surface area contributed by atoms with E-state index in [0.717, 1.165) is 5.25 Å². The maximum Gasteiger partial charge on any atom is 0.0175 e. The second kappa shape index (κ2) is 2.51. The topological polar surface area (TPSA) is 3.24 Å². The average molecular weight is 143 g/mol. The summed E-state index contributed by atoms with van der Waals surface area (Å²) in [7, 11) is 0. The van der Waals surface area contributed by atoms with Gasteiger partial charge in [0.05, 0.1) is 0 Å². The third-order valence-electron chi connectivity index (χ3n) is 2.22. The lowest BCUT2D eigenvalue weighted by molar-refractivity contribution is 0.239. The largest absolute Gasteiger partial charge is 0.301 e. The summed E-state index contributed by atoms with van der Waals surface area (Å²) >= 11 is 2.18. The van der Waals surface area contributed by atoms with Gasteiger partial charge in [0, 0.05) is 24.1 Å². The Labute approximate surface area is 60.8 Å². The number of fused-ring (bicyclic) bond motifs is 2. The highest BCUT2D eigenvalue weighted by Gasteiger charge is 2.23. The molecular weight excluding hydrogens is 130 g/mol. The molecule has 2 aliphatic rings. The lowest BCUT2D eigenvalue weighted by Crippen LogP contribution is -2.42. The summed E-state index contributed by atoms with van der Waals surface area (Å²) in [6.45, 7) is 4.10. The number of rotatable bonds is 0. The van der Waals surface area contributed by atoms with Crippen molar-refractivity contribution in [3.63, 3.8) is 0 Å². The monoisotopic (exact) mass is 143 g/mol. The third kappa shape index (κ3) is 1.24. The summed E-state index contributed by atoms with van der Waals surface area (Å²) in [5, 5.41) is 0.993. The van der Waals surface area contributed by atoms with Crippen LogP contribution in [-0.2, 0) is 0 Å². The summed E-state index contributed by atoms with van der Waals surface area (Å²) in [6, 6.07) is 0. The molecule has 2 atom stereocenters. The molecule has 0 aromatic rings. The van der Waals surface area contributed by atoms with Gasteiger partial charge >= 0.3 is 0 Å². The van der Waals surface area contributed by atoms with E-state index < -0.39 is 0 Å². The lowest BCUT2D eigenvalue weighted by atomic mass is 10.1. The first-order chi connectivity index (χ1) is 4.45. The minimum absolute atomic E-state index is 0.993. The van der Waals surface area contributed by atoms with Gasteiger partial charge in [-0.25, -0.2) is 0 Å². The van der Waals surface area contributed by atoms with Gasteiger partial charge in [0.1, 0.15) is 0 Å². The number of hydrogen-bond acceptors (Lipinski definition) is 2. The number of piperidine rings is 1. The van der Waals surface area contributed by atoms with Gasteiger partial charge in [0.2, 0.25) is 0 Å². The Hall–Kier alpha value is 0.310. The van der Waals surface area contributed by atoms with Gasteiger partial charge in [-0.1, -0.05) is 0 Å². The third-order valence-corrected chi connectivity index (χ3v) is 3.50. The van der Waals surface area contributed by atoms with E-state index >= 15 is 0 Å². The normalized spacial score (nSPS) is 42.7. The molecule has 2 fully saturated rings. The fourth-order valence-electron chi connectivity index (χ4n) is 1.70. The summed E-state index contributed by atoms with van der Waals surface area (Å²) in [6.07, 6.45) is 2.92. The van der Waals surface area contributed by atoms with E-state index in [9.17, 15) is 0 Å². The number of nitrogens with zero attached hydrogens (tertiary/aromatic N) is 1. The fourth-order valence-corrected chi connectivity index (χ4v) is 3.05. The predicted molar refractivity (Wildman–Crippen MR) is 41.9 cm³/mol. The predicted octanol–water partition coefficient (Wildman–Crippen LogP) is 1.20. The summed E-state index contributed by atoms with van der Waals surface area (Å²) in [5.41, 5.74) is 0. The smallest absolute Gasteiger partial charge is 0.0175 e. The Morgan fingerprint density at radius 2 is 2.33 bits per heavy atom. The molecule has 0 aromatic heterocycles. The van der Waals surface area contributed by atoms with E-state index in [4.69, 9.17) is 0 Å². The first-order valence-corrected chi connectivity index (χ1v) is 4.84. The van der Waals surface area contributed by atoms with E-state index in [2.05, 4.69) is 16.7 Å². The molecule has 52 valence electrons. The molecular formula is C7H13NS. The molecule has 2 aliphatic heterocycles. The van der Waals surface area contributed by atoms with Crippen molar-refractivity contribution >= 4 is 11.8 Å². The maximum atomic E-state index is 2.60. The Morgan fingerprint density at radius 1 is 1.33 bits per heavy atom. The molecule has 1 nitrogen and oxygen atoms in total. The Bertz CT molecular complexity index is 85.1. The van der Waals surface area contributed by atoms with Gasteiger partial charge < -0.3 is 4.90 Å². The van der Waals surface area contributed by atoms with Gasteiger partial charge in [-0.05, 0) is 19.4 Å². The molecule has 2 bridgehead atoms. The molecule has 2 unspecified atom stereocenters. The van der Waals surface area contributed by atoms with Gasteiger partial charge in [0.15, 0.2) is 0 Å². The zero-order valence-electron chi connectivity index (χ0n) is 5.68. The van der Waals surface area contributed by atoms with Gasteiger partial charge in [-0.3, -0.25) is 0 Å². The van der Waals surface area contributed by atoms with Crippen molar-refractivity contribution in [2.45, 2.75) is 18.1 Å². The number of hydrogen-bond donors (Lipinski definition) is 0. The van der Waals surface area contributed by atoms with Crippen molar-refractivity contribution in [3.8, 4) is 0 Å². The molecule has 2 saturated heterocycles. The van der Waals surface area contributed by atoms with Gasteiger partial charge in [-0.2, -0.15) is 11.8 Å². The molecule has 0 saturated carbocycles. The second-order valence-corrected chi connectivity index (χ2v) is 4.34. The standard InChI is InChI=1S/C7H13NS/c1-2-7-6-8(3-1)4-5-9-7/h7H,1-6H2. The van der Waals surface area contributed by atoms with Gasteiger partial charge in [-0.15, -0.1) is 0 Å². The molecule has 0 N–H and O–H groups in total. The Kier molecular flexibility index (Phi) is 1.68. The molecule has 0 spiro atoms. The minimum Gasteiger partial charge on any atom is -0.301 e. The molecule has 0 aliphatic carbocycles. The van der Waals surface area contributed by atoms with Crippen LogP contribution in [0.2, 0.25) is 0 Å². The van der Waals surface area contributed by atoms with Crippen LogP contribution in [-0.4, -0.2) is 35.5 Å². The molecule has 2 heteroatoms. The van der Waals surface area contributed by atoms with Crippen molar-refractivity contribution in [2.75, 3.05) is 25.4 Å². The van der Waals surface area contributed by atoms with E-state index in [1.54, 1.807) is 0 Å². The van der Waals surface area contributed by atoms with E-state index in [0.29, 0.717) is 0 Å². The summed E-state index contributed by atoms with van der Waals surface area (Å²) in [5.74, 6) is 1.38. The summed E-state index contributed by atoms with van der Waals surface area (Å²) in [4.78, 5) is 2.60. The first kappa shape index (κ1) is 6.05. The highest BCUT2D eigenvalue weighted by Crippen LogP contribution is 2.26. The van der Waals surface area contributed by atoms with Crippen LogP contribution < -0.4 is 0 Å². The fraction of sp³-hybridized carbons (Fsp3) is 1.00. The molecule has 0 radical (unpaired) electrons. The Morgan fingerprint density at radius 3 is 3.11 bits per heavy atom. The van der Waals surface area contributed by atoms with E-state index in [1.165, 1.54) is 38.2 Å². The van der Waals surface area contributed by atoms with Gasteiger partial charge in [0.25, 0.3) is 0 Å². The molecule has 0 amide bonds. The minimum atomic E-state index is 0.993. The molecule has 2 heterocycles. The van der Waals surface area contributed by atoms with Crippen LogP contribution in [0.25, 0.3) is 0 Å². The van der Waals surface area contributed by atoms with Crippen LogP contribution in [0.1, 0.15) is 12.8 Å². The average Bonchev–Trinajstić information content (AvgIpc) is 1.88. The quantitative estimate of drug-likeness (QED) is 0.501. The molecule has 9 heavy (non-hydrogen) atoms. The zero-order valence-corrected chi connectivity index (χ0v) is 6.49. The van der Waals surface area contributed by atoms with Crippen molar-refractivity contribution in [3.05, 3.63) is 0 Å². The SMILES string of the molecule is C1CC2CN(C1)CCS2. The van der Waals surface area contributed by atoms with Crippen molar-refractivity contribution in [1.82, 2.24) is 4.90 Å². The molecule has 0 aromatic carbocycles. The van der Waals surface area contributed by atoms with E-state index in [-0.39, 0.29) is 0 Å². The first-order valence-electron chi connectivity index (χ1n) is 3.79. The van der Waals surface area contributed by atoms with E-state index in [1.807, 2.05) is 0 Å². The maximum absolute atomic E-state index is 2.60. The van der Waals surface area contributed by atoms with Crippen LogP contribution in [0.4, 0.5) is 0 Å². The summed E-state index contributed by atoms with van der Waals surface area (Å²) < 4.78 is 0. The van der Waals surface area contributed by atoms with Crippen molar-refractivity contribution in [1.29, 1.82) is 0 Å². The lowest BCUT2D eigenvalue weighted by Gasteiger charge is -2.36. The van der Waals surface area contributed by atoms with Crippen LogP contribution in [0.3, 0.4) is 0 Å². The highest BCUT2D eigenvalue weighted by atomic mass is 32.2. The zero-order chi connectivity index (χ0) is 6.10. The second-order valence-electron chi connectivity index (χ2n) is 2.94. The van der Waals surface area contributed by atoms with Crippen molar-refractivity contribution in [2.24, 2.45) is 0 Å². The Balaban J connectivity index is 1.96. The number of thioether (sulfide) groups is 1. The molecule has 2 rings (SSSR count). The van der Waals surface area contributed by atoms with Crippen molar-refractivity contribution < 1.29 is 0 Å². The van der Waals surface area contributed by atoms with Crippen LogP contribution in [0.15, 0.2) is 0 Å². The highest BCUT2D eigenvalue weighted by molar-refractivity contribution is 8.00.